The van der Waals surface area contributed by atoms with Gasteiger partial charge in [0, 0.05) is 18.3 Å². The Morgan fingerprint density at radius 3 is 2.94 bits per heavy atom. The van der Waals surface area contributed by atoms with Gasteiger partial charge in [0.1, 0.15) is 11.3 Å². The molecule has 1 aliphatic carbocycles. The number of fused-ring (bicyclic) bond motifs is 1. The Kier molecular flexibility index (Phi) is 2.19. The van der Waals surface area contributed by atoms with Crippen molar-refractivity contribution in [3.05, 3.63) is 24.2 Å². The number of pyridine rings is 1. The van der Waals surface area contributed by atoms with Gasteiger partial charge in [0.25, 0.3) is 0 Å². The molecule has 1 aliphatic heterocycles. The molecule has 2 unspecified atom stereocenters. The fourth-order valence-corrected chi connectivity index (χ4v) is 2.74. The Morgan fingerprint density at radius 1 is 1.33 bits per heavy atom. The second kappa shape index (κ2) is 3.76. The highest BCUT2D eigenvalue weighted by Gasteiger charge is 2.36. The van der Waals surface area contributed by atoms with Crippen molar-refractivity contribution < 1.29 is 4.74 Å². The molecule has 4 rings (SSSR count). The number of aromatic nitrogens is 3. The van der Waals surface area contributed by atoms with Gasteiger partial charge in [-0.2, -0.15) is 0 Å². The number of imidazole rings is 1. The molecule has 0 bridgehead atoms. The van der Waals surface area contributed by atoms with E-state index in [1.165, 1.54) is 12.8 Å². The Balaban J connectivity index is 1.90. The van der Waals surface area contributed by atoms with Gasteiger partial charge in [-0.3, -0.25) is 0 Å². The lowest BCUT2D eigenvalue weighted by atomic mass is 10.0. The van der Waals surface area contributed by atoms with Crippen LogP contribution in [-0.4, -0.2) is 33.8 Å². The molecule has 0 spiro atoms. The molecule has 2 atom stereocenters. The summed E-state index contributed by atoms with van der Waals surface area (Å²) in [6.45, 7) is 1.31. The molecule has 3 heterocycles. The average Bonchev–Trinajstić information content (AvgIpc) is 3.01. The van der Waals surface area contributed by atoms with Gasteiger partial charge in [-0.15, -0.1) is 0 Å². The summed E-state index contributed by atoms with van der Waals surface area (Å²) in [7, 11) is 0. The molecule has 2 aromatic rings. The van der Waals surface area contributed by atoms with E-state index in [2.05, 4.69) is 9.55 Å². The summed E-state index contributed by atoms with van der Waals surface area (Å²) in [5, 5.41) is 0. The summed E-state index contributed by atoms with van der Waals surface area (Å²) in [6, 6.07) is 4.57. The first-order valence-electron chi connectivity index (χ1n) is 6.51. The number of nitrogens with zero attached hydrogens (tertiary/aromatic N) is 3. The lowest BCUT2D eigenvalue weighted by Gasteiger charge is -2.14. The van der Waals surface area contributed by atoms with E-state index in [-0.39, 0.29) is 12.0 Å². The molecule has 1 saturated heterocycles. The number of hydrogen-bond donors (Lipinski definition) is 1. The minimum Gasteiger partial charge on any atom is -0.379 e. The third-order valence-corrected chi connectivity index (χ3v) is 3.84. The molecule has 0 amide bonds. The molecule has 0 radical (unpaired) electrons. The molecule has 2 aliphatic rings. The maximum Gasteiger partial charge on any atom is 0.160 e. The van der Waals surface area contributed by atoms with Crippen molar-refractivity contribution in [3.63, 3.8) is 0 Å². The van der Waals surface area contributed by atoms with Crippen LogP contribution in [0.4, 0.5) is 0 Å². The zero-order chi connectivity index (χ0) is 12.1. The van der Waals surface area contributed by atoms with E-state index in [0.717, 1.165) is 17.0 Å². The van der Waals surface area contributed by atoms with Gasteiger partial charge >= 0.3 is 0 Å². The third kappa shape index (κ3) is 1.47. The van der Waals surface area contributed by atoms with Crippen LogP contribution in [0.3, 0.4) is 0 Å². The zero-order valence-electron chi connectivity index (χ0n) is 10.1. The Hall–Kier alpha value is -1.46. The van der Waals surface area contributed by atoms with Crippen LogP contribution >= 0.6 is 0 Å². The molecule has 94 valence electrons. The summed E-state index contributed by atoms with van der Waals surface area (Å²) < 4.78 is 7.76. The van der Waals surface area contributed by atoms with Crippen molar-refractivity contribution in [2.45, 2.75) is 30.8 Å². The van der Waals surface area contributed by atoms with Crippen LogP contribution in [-0.2, 0) is 4.74 Å². The van der Waals surface area contributed by atoms with Gasteiger partial charge in [0.15, 0.2) is 5.65 Å². The second-order valence-electron chi connectivity index (χ2n) is 5.23. The van der Waals surface area contributed by atoms with Crippen molar-refractivity contribution in [2.75, 3.05) is 13.2 Å². The highest BCUT2D eigenvalue weighted by Crippen LogP contribution is 2.40. The van der Waals surface area contributed by atoms with Crippen molar-refractivity contribution in [2.24, 2.45) is 5.73 Å². The smallest absolute Gasteiger partial charge is 0.160 e. The van der Waals surface area contributed by atoms with Crippen LogP contribution in [0.5, 0.6) is 0 Å². The third-order valence-electron chi connectivity index (χ3n) is 3.84. The Bertz CT molecular complexity index is 590. The molecule has 5 heteroatoms. The predicted molar refractivity (Wildman–Crippen MR) is 67.3 cm³/mol. The van der Waals surface area contributed by atoms with Crippen LogP contribution in [0.2, 0.25) is 0 Å². The second-order valence-corrected chi connectivity index (χ2v) is 5.23. The highest BCUT2D eigenvalue weighted by atomic mass is 16.5. The minimum atomic E-state index is 0.0549. The van der Waals surface area contributed by atoms with Gasteiger partial charge in [-0.25, -0.2) is 9.97 Å². The molecule has 18 heavy (non-hydrogen) atoms. The topological polar surface area (TPSA) is 66.0 Å². The lowest BCUT2D eigenvalue weighted by Crippen LogP contribution is -2.28. The molecule has 2 N–H and O–H groups in total. The fraction of sp³-hybridized carbons (Fsp3) is 0.538. The number of rotatable bonds is 2. The Labute approximate surface area is 105 Å². The largest absolute Gasteiger partial charge is 0.379 e. The minimum absolute atomic E-state index is 0.0549. The first kappa shape index (κ1) is 10.5. The maximum atomic E-state index is 6.12. The number of nitrogens with two attached hydrogens (primary N) is 1. The highest BCUT2D eigenvalue weighted by molar-refractivity contribution is 5.71. The molecular weight excluding hydrogens is 228 g/mol. The summed E-state index contributed by atoms with van der Waals surface area (Å²) in [5.41, 5.74) is 8.09. The molecule has 0 aromatic carbocycles. The first-order chi connectivity index (χ1) is 8.84. The van der Waals surface area contributed by atoms with Gasteiger partial charge in [0.2, 0.25) is 0 Å². The normalized spacial score (nSPS) is 28.1. The van der Waals surface area contributed by atoms with Crippen molar-refractivity contribution in [1.82, 2.24) is 14.5 Å². The molecule has 2 aromatic heterocycles. The average molecular weight is 244 g/mol. The standard InChI is InChI=1S/C13H16N4O/c14-10-7-18-6-9(10)12-16-11-2-1-5-15-13(11)17(12)8-3-4-8/h1-2,5,8-10H,3-4,6-7,14H2. The van der Waals surface area contributed by atoms with Crippen LogP contribution in [0.25, 0.3) is 11.2 Å². The van der Waals surface area contributed by atoms with E-state index < -0.39 is 0 Å². The predicted octanol–water partition coefficient (Wildman–Crippen LogP) is 1.21. The SMILES string of the molecule is NC1COCC1c1nc2cccnc2n1C1CC1. The zero-order valence-corrected chi connectivity index (χ0v) is 10.1. The number of ether oxygens (including phenoxy) is 1. The van der Waals surface area contributed by atoms with Crippen LogP contribution in [0, 0.1) is 0 Å². The van der Waals surface area contributed by atoms with E-state index in [4.69, 9.17) is 15.5 Å². The van der Waals surface area contributed by atoms with Gasteiger partial charge in [0.05, 0.1) is 19.1 Å². The summed E-state index contributed by atoms with van der Waals surface area (Å²) >= 11 is 0. The van der Waals surface area contributed by atoms with E-state index in [0.29, 0.717) is 19.3 Å². The Morgan fingerprint density at radius 2 is 2.22 bits per heavy atom. The summed E-state index contributed by atoms with van der Waals surface area (Å²) in [6.07, 6.45) is 4.27. The van der Waals surface area contributed by atoms with E-state index in [9.17, 15) is 0 Å². The van der Waals surface area contributed by atoms with E-state index in [1.54, 1.807) is 0 Å². The van der Waals surface area contributed by atoms with Crippen molar-refractivity contribution in [3.8, 4) is 0 Å². The van der Waals surface area contributed by atoms with Gasteiger partial charge in [-0.05, 0) is 25.0 Å². The summed E-state index contributed by atoms with van der Waals surface area (Å²) in [5.74, 6) is 1.27. The van der Waals surface area contributed by atoms with Crippen LogP contribution in [0.1, 0.15) is 30.6 Å². The van der Waals surface area contributed by atoms with Gasteiger partial charge < -0.3 is 15.0 Å². The summed E-state index contributed by atoms with van der Waals surface area (Å²) in [4.78, 5) is 9.23. The van der Waals surface area contributed by atoms with Crippen molar-refractivity contribution in [1.29, 1.82) is 0 Å². The lowest BCUT2D eigenvalue weighted by molar-refractivity contribution is 0.190. The molecular formula is C13H16N4O. The molecule has 2 fully saturated rings. The van der Waals surface area contributed by atoms with E-state index >= 15 is 0 Å². The number of hydrogen-bond acceptors (Lipinski definition) is 4. The van der Waals surface area contributed by atoms with Crippen LogP contribution in [0.15, 0.2) is 18.3 Å². The maximum absolute atomic E-state index is 6.12. The van der Waals surface area contributed by atoms with E-state index in [1.807, 2.05) is 18.3 Å². The van der Waals surface area contributed by atoms with Crippen molar-refractivity contribution >= 4 is 11.2 Å². The van der Waals surface area contributed by atoms with Crippen LogP contribution < -0.4 is 5.73 Å². The molecule has 1 saturated carbocycles. The quantitative estimate of drug-likeness (QED) is 0.862. The molecule has 5 nitrogen and oxygen atoms in total. The van der Waals surface area contributed by atoms with Gasteiger partial charge in [-0.1, -0.05) is 0 Å². The fourth-order valence-electron chi connectivity index (χ4n) is 2.74. The monoisotopic (exact) mass is 244 g/mol. The first-order valence-corrected chi connectivity index (χ1v) is 6.51.